The Kier molecular flexibility index (Phi) is 10.3. The van der Waals surface area contributed by atoms with Crippen molar-refractivity contribution in [2.24, 2.45) is 4.99 Å². The van der Waals surface area contributed by atoms with Crippen LogP contribution in [0.5, 0.6) is 5.75 Å². The first-order valence-electron chi connectivity index (χ1n) is 12.0. The van der Waals surface area contributed by atoms with Crippen molar-refractivity contribution in [3.63, 3.8) is 0 Å². The maximum Gasteiger partial charge on any atom is 0.162 e. The third-order valence-electron chi connectivity index (χ3n) is 5.94. The second kappa shape index (κ2) is 13.4. The van der Waals surface area contributed by atoms with Crippen LogP contribution >= 0.6 is 39.8 Å². The number of fused-ring (bicyclic) bond motifs is 3. The van der Waals surface area contributed by atoms with Gasteiger partial charge in [-0.25, -0.2) is 0 Å². The molecule has 36 heavy (non-hydrogen) atoms. The molecule has 1 aliphatic rings. The molecule has 4 rings (SSSR count). The zero-order valence-corrected chi connectivity index (χ0v) is 25.0. The second-order valence-corrected chi connectivity index (χ2v) is 11.4. The lowest BCUT2D eigenvalue weighted by molar-refractivity contribution is 0.0336. The maximum atomic E-state index is 5.87. The number of thiophene rings is 1. The van der Waals surface area contributed by atoms with E-state index < -0.39 is 0 Å². The van der Waals surface area contributed by atoms with Gasteiger partial charge in [-0.05, 0) is 86.0 Å². The molecule has 2 unspecified atom stereocenters. The average molecular weight is 642 g/mol. The Morgan fingerprint density at radius 1 is 0.972 bits per heavy atom. The molecule has 0 amide bonds. The lowest BCUT2D eigenvalue weighted by atomic mass is 9.99. The van der Waals surface area contributed by atoms with Crippen LogP contribution in [0.25, 0.3) is 5.00 Å². The highest BCUT2D eigenvalue weighted by atomic mass is 127. The molecule has 3 heterocycles. The second-order valence-electron chi connectivity index (χ2n) is 8.43. The predicted molar refractivity (Wildman–Crippen MR) is 154 cm³/mol. The van der Waals surface area contributed by atoms with Crippen LogP contribution < -0.4 is 4.74 Å². The highest BCUT2D eigenvalue weighted by molar-refractivity contribution is 14.2. The molecule has 194 valence electrons. The summed E-state index contributed by atoms with van der Waals surface area (Å²) in [5.41, 5.74) is 4.46. The molecule has 0 fully saturated rings. The molecule has 0 aliphatic carbocycles. The molecule has 0 saturated heterocycles. The van der Waals surface area contributed by atoms with Gasteiger partial charge >= 0.3 is 0 Å². The van der Waals surface area contributed by atoms with Gasteiger partial charge in [0.25, 0.3) is 0 Å². The topological polar surface area (TPSA) is 80.0 Å². The van der Waals surface area contributed by atoms with Crippen LogP contribution in [0.2, 0.25) is 0 Å². The van der Waals surface area contributed by atoms with Gasteiger partial charge in [-0.15, -0.1) is 21.5 Å². The molecule has 0 radical (unpaired) electrons. The molecule has 0 spiro atoms. The molecular weight excluding hydrogens is 610 g/mol. The number of hydrogen-bond acceptors (Lipinski definition) is 8. The molecule has 0 N–H and O–H groups in total. The van der Waals surface area contributed by atoms with Gasteiger partial charge in [-0.2, -0.15) is 0 Å². The lowest BCUT2D eigenvalue weighted by Gasteiger charge is -2.11. The summed E-state index contributed by atoms with van der Waals surface area (Å²) in [5, 5.41) is 9.88. The monoisotopic (exact) mass is 642 g/mol. The van der Waals surface area contributed by atoms with Crippen molar-refractivity contribution in [1.29, 1.82) is 0 Å². The van der Waals surface area contributed by atoms with Crippen LogP contribution in [-0.4, -0.2) is 60.1 Å². The minimum absolute atomic E-state index is 0.0951. The fraction of sp³-hybridized carbons (Fsp3) is 0.480. The van der Waals surface area contributed by atoms with E-state index in [1.54, 1.807) is 11.3 Å². The fourth-order valence-electron chi connectivity index (χ4n) is 4.00. The average Bonchev–Trinajstić information content (AvgIpc) is 3.36. The Labute approximate surface area is 231 Å². The molecule has 8 nitrogen and oxygen atoms in total. The van der Waals surface area contributed by atoms with Crippen LogP contribution in [0.15, 0.2) is 29.3 Å². The summed E-state index contributed by atoms with van der Waals surface area (Å²) in [5.74, 6) is 2.57. The van der Waals surface area contributed by atoms with E-state index in [4.69, 9.17) is 23.7 Å². The number of benzene rings is 1. The van der Waals surface area contributed by atoms with Crippen molar-refractivity contribution in [3.05, 3.63) is 57.5 Å². The predicted octanol–water partition coefficient (Wildman–Crippen LogP) is 5.93. The van der Waals surface area contributed by atoms with Crippen LogP contribution in [0.4, 0.5) is 0 Å². The van der Waals surface area contributed by atoms with E-state index >= 15 is 0 Å². The number of hydrogen-bond donors (Lipinski definition) is 0. The van der Waals surface area contributed by atoms with Crippen LogP contribution in [0, 0.1) is 20.8 Å². The Hall–Kier alpha value is -1.43. The van der Waals surface area contributed by atoms with Crippen molar-refractivity contribution < 1.29 is 18.7 Å². The summed E-state index contributed by atoms with van der Waals surface area (Å²) in [6.07, 6.45) is 0.911. The first-order valence-corrected chi connectivity index (χ1v) is 16.8. The van der Waals surface area contributed by atoms with Gasteiger partial charge in [0, 0.05) is 22.6 Å². The van der Waals surface area contributed by atoms with Gasteiger partial charge in [0.05, 0.1) is 38.6 Å². The Morgan fingerprint density at radius 3 is 2.44 bits per heavy atom. The summed E-state index contributed by atoms with van der Waals surface area (Å²) < 4.78 is 24.5. The summed E-state index contributed by atoms with van der Waals surface area (Å²) in [7, 11) is 0. The molecule has 0 bridgehead atoms. The highest BCUT2D eigenvalue weighted by Crippen LogP contribution is 2.38. The summed E-state index contributed by atoms with van der Waals surface area (Å²) in [4.78, 5) is 6.37. The number of halogens is 1. The number of aliphatic imine (C=N–C) groups is 1. The van der Waals surface area contributed by atoms with Crippen molar-refractivity contribution in [3.8, 4) is 10.8 Å². The SMILES string of the molecule is Cc1sc2c(c1C)C(c1ccc(OCCOCCOCCCOPI)cc1)=NC(C)c1nnc(C)n1-2. The third kappa shape index (κ3) is 6.52. The van der Waals surface area contributed by atoms with E-state index in [9.17, 15) is 0 Å². The smallest absolute Gasteiger partial charge is 0.162 e. The summed E-state index contributed by atoms with van der Waals surface area (Å²) in [6, 6.07) is 8.05. The molecule has 2 aromatic heterocycles. The van der Waals surface area contributed by atoms with E-state index in [1.807, 2.05) is 19.1 Å². The van der Waals surface area contributed by atoms with Crippen LogP contribution in [0.3, 0.4) is 0 Å². The largest absolute Gasteiger partial charge is 0.491 e. The number of ether oxygens (including phenoxy) is 3. The van der Waals surface area contributed by atoms with E-state index in [-0.39, 0.29) is 6.04 Å². The van der Waals surface area contributed by atoms with Crippen molar-refractivity contribution in [1.82, 2.24) is 14.8 Å². The quantitative estimate of drug-likeness (QED) is 0.131. The normalized spacial score (nSPS) is 15.1. The van der Waals surface area contributed by atoms with E-state index in [1.165, 1.54) is 10.4 Å². The summed E-state index contributed by atoms with van der Waals surface area (Å²) >= 11 is 3.99. The van der Waals surface area contributed by atoms with E-state index in [2.05, 4.69) is 69.7 Å². The molecule has 11 heteroatoms. The standard InChI is InChI=1S/C25H32IN4O4PS/c1-16-18(3)36-25-22(16)23(27-17(2)24-29-28-19(4)30(24)25)20-6-8-21(9-7-20)33-15-14-32-13-12-31-10-5-11-34-35-26/h6-9,17,35H,5,10-15H2,1-4H3. The zero-order chi connectivity index (χ0) is 25.5. The molecular formula is C25H32IN4O4PS. The number of aromatic nitrogens is 3. The maximum absolute atomic E-state index is 5.87. The minimum Gasteiger partial charge on any atom is -0.491 e. The molecule has 2 atom stereocenters. The van der Waals surface area contributed by atoms with Gasteiger partial charge in [0.2, 0.25) is 0 Å². The molecule has 1 aromatic carbocycles. The first kappa shape index (κ1) is 27.6. The van der Waals surface area contributed by atoms with Gasteiger partial charge in [0.1, 0.15) is 29.2 Å². The van der Waals surface area contributed by atoms with Crippen molar-refractivity contribution >= 4 is 45.5 Å². The third-order valence-corrected chi connectivity index (χ3v) is 8.38. The highest BCUT2D eigenvalue weighted by Gasteiger charge is 2.29. The van der Waals surface area contributed by atoms with Crippen molar-refractivity contribution in [2.45, 2.75) is 40.2 Å². The molecule has 3 aromatic rings. The van der Waals surface area contributed by atoms with E-state index in [0.29, 0.717) is 39.5 Å². The minimum atomic E-state index is -0.0951. The molecule has 0 saturated carbocycles. The number of nitrogens with zero attached hydrogens (tertiary/aromatic N) is 4. The lowest BCUT2D eigenvalue weighted by Crippen LogP contribution is -2.11. The Morgan fingerprint density at radius 2 is 1.69 bits per heavy atom. The van der Waals surface area contributed by atoms with Crippen molar-refractivity contribution in [2.75, 3.05) is 39.6 Å². The zero-order valence-electron chi connectivity index (χ0n) is 21.0. The van der Waals surface area contributed by atoms with Gasteiger partial charge in [-0.1, -0.05) is 0 Å². The van der Waals surface area contributed by atoms with Gasteiger partial charge in [0.15, 0.2) is 5.82 Å². The van der Waals surface area contributed by atoms with E-state index in [0.717, 1.165) is 52.3 Å². The van der Waals surface area contributed by atoms with Crippen LogP contribution in [0.1, 0.15) is 52.6 Å². The molecule has 1 aliphatic heterocycles. The first-order chi connectivity index (χ1) is 17.5. The van der Waals surface area contributed by atoms with Crippen LogP contribution in [-0.2, 0) is 14.0 Å². The van der Waals surface area contributed by atoms with Gasteiger partial charge < -0.3 is 18.7 Å². The number of aryl methyl sites for hydroxylation is 2. The number of rotatable bonds is 13. The fourth-order valence-corrected chi connectivity index (χ4v) is 6.10. The summed E-state index contributed by atoms with van der Waals surface area (Å²) in [6.45, 7) is 12.5. The van der Waals surface area contributed by atoms with Gasteiger partial charge in [-0.3, -0.25) is 9.56 Å². The Bertz CT molecular complexity index is 1180. The Balaban J connectivity index is 1.33.